The van der Waals surface area contributed by atoms with E-state index in [1.54, 1.807) is 0 Å². The van der Waals surface area contributed by atoms with Crippen molar-refractivity contribution in [3.63, 3.8) is 0 Å². The van der Waals surface area contributed by atoms with E-state index in [2.05, 4.69) is 22.1 Å². The number of nitrogens with one attached hydrogen (secondary N) is 1. The Labute approximate surface area is 129 Å². The van der Waals surface area contributed by atoms with Crippen LogP contribution in [0.15, 0.2) is 18.2 Å². The number of hydrogen-bond donors (Lipinski definition) is 2. The van der Waals surface area contributed by atoms with Gasteiger partial charge in [-0.3, -0.25) is 4.79 Å². The molecule has 0 spiro atoms. The molecule has 0 saturated carbocycles. The summed E-state index contributed by atoms with van der Waals surface area (Å²) in [5.41, 5.74) is 7.32. The SMILES string of the molecule is CCCCN(C)CCC(=O)Nc1nc2ccc(N)cc2s1. The van der Waals surface area contributed by atoms with Crippen molar-refractivity contribution in [1.29, 1.82) is 0 Å². The molecule has 0 radical (unpaired) electrons. The van der Waals surface area contributed by atoms with E-state index in [0.29, 0.717) is 17.2 Å². The Hall–Kier alpha value is -1.66. The molecule has 0 atom stereocenters. The summed E-state index contributed by atoms with van der Waals surface area (Å²) < 4.78 is 0.991. The summed E-state index contributed by atoms with van der Waals surface area (Å²) in [7, 11) is 2.05. The molecule has 1 aromatic carbocycles. The summed E-state index contributed by atoms with van der Waals surface area (Å²) in [5.74, 6) is 0.00498. The molecule has 0 bridgehead atoms. The van der Waals surface area contributed by atoms with E-state index in [-0.39, 0.29) is 5.91 Å². The number of thiazole rings is 1. The molecular weight excluding hydrogens is 284 g/mol. The van der Waals surface area contributed by atoms with Gasteiger partial charge in [0.05, 0.1) is 10.2 Å². The Morgan fingerprint density at radius 2 is 2.24 bits per heavy atom. The van der Waals surface area contributed by atoms with Crippen molar-refractivity contribution in [2.75, 3.05) is 31.2 Å². The van der Waals surface area contributed by atoms with E-state index in [4.69, 9.17) is 5.73 Å². The van der Waals surface area contributed by atoms with Gasteiger partial charge in [0.25, 0.3) is 0 Å². The van der Waals surface area contributed by atoms with Crippen molar-refractivity contribution in [2.45, 2.75) is 26.2 Å². The fourth-order valence-electron chi connectivity index (χ4n) is 2.01. The third-order valence-electron chi connectivity index (χ3n) is 3.27. The van der Waals surface area contributed by atoms with Crippen LogP contribution in [0.5, 0.6) is 0 Å². The maximum absolute atomic E-state index is 11.9. The number of benzene rings is 1. The first-order chi connectivity index (χ1) is 10.1. The van der Waals surface area contributed by atoms with E-state index in [1.165, 1.54) is 17.8 Å². The molecule has 0 fully saturated rings. The number of rotatable bonds is 7. The molecule has 2 rings (SSSR count). The van der Waals surface area contributed by atoms with Crippen LogP contribution in [0, 0.1) is 0 Å². The van der Waals surface area contributed by atoms with E-state index in [0.717, 1.165) is 29.7 Å². The van der Waals surface area contributed by atoms with Gasteiger partial charge >= 0.3 is 0 Å². The average Bonchev–Trinajstić information content (AvgIpc) is 2.84. The monoisotopic (exact) mass is 306 g/mol. The van der Waals surface area contributed by atoms with Gasteiger partial charge in [0.1, 0.15) is 0 Å². The normalized spacial score (nSPS) is 11.2. The lowest BCUT2D eigenvalue weighted by Gasteiger charge is -2.15. The molecule has 1 heterocycles. The van der Waals surface area contributed by atoms with Crippen LogP contribution in [0.25, 0.3) is 10.2 Å². The van der Waals surface area contributed by atoms with Gasteiger partial charge in [-0.05, 0) is 38.2 Å². The van der Waals surface area contributed by atoms with E-state index in [1.807, 2.05) is 25.2 Å². The molecule has 0 aliphatic rings. The Morgan fingerprint density at radius 1 is 1.43 bits per heavy atom. The van der Waals surface area contributed by atoms with Crippen molar-refractivity contribution in [3.05, 3.63) is 18.2 Å². The number of anilines is 2. The number of unbranched alkanes of at least 4 members (excludes halogenated alkanes) is 1. The second kappa shape index (κ2) is 7.38. The van der Waals surface area contributed by atoms with E-state index >= 15 is 0 Å². The second-order valence-corrected chi connectivity index (χ2v) is 6.23. The van der Waals surface area contributed by atoms with Crippen molar-refractivity contribution >= 4 is 38.3 Å². The number of amides is 1. The Bertz CT molecular complexity index is 611. The minimum atomic E-state index is 0.00498. The highest BCUT2D eigenvalue weighted by molar-refractivity contribution is 7.22. The predicted molar refractivity (Wildman–Crippen MR) is 89.7 cm³/mol. The Balaban J connectivity index is 1.86. The minimum absolute atomic E-state index is 0.00498. The van der Waals surface area contributed by atoms with Gasteiger partial charge in [-0.1, -0.05) is 24.7 Å². The lowest BCUT2D eigenvalue weighted by molar-refractivity contribution is -0.116. The van der Waals surface area contributed by atoms with Gasteiger partial charge < -0.3 is 16.0 Å². The van der Waals surface area contributed by atoms with Crippen LogP contribution in [-0.4, -0.2) is 35.9 Å². The fourth-order valence-corrected chi connectivity index (χ4v) is 2.94. The molecule has 3 N–H and O–H groups in total. The quantitative estimate of drug-likeness (QED) is 0.772. The maximum Gasteiger partial charge on any atom is 0.227 e. The summed E-state index contributed by atoms with van der Waals surface area (Å²) in [6, 6.07) is 5.56. The topological polar surface area (TPSA) is 71.2 Å². The molecule has 2 aromatic rings. The molecule has 0 aliphatic carbocycles. The first-order valence-electron chi connectivity index (χ1n) is 7.23. The number of aromatic nitrogens is 1. The van der Waals surface area contributed by atoms with Gasteiger partial charge in [0, 0.05) is 18.7 Å². The highest BCUT2D eigenvalue weighted by Gasteiger charge is 2.09. The zero-order valence-corrected chi connectivity index (χ0v) is 13.4. The fraction of sp³-hybridized carbons (Fsp3) is 0.467. The summed E-state index contributed by atoms with van der Waals surface area (Å²) in [6.45, 7) is 3.97. The third-order valence-corrected chi connectivity index (χ3v) is 4.21. The average molecular weight is 306 g/mol. The lowest BCUT2D eigenvalue weighted by Crippen LogP contribution is -2.25. The van der Waals surface area contributed by atoms with Gasteiger partial charge in [-0.25, -0.2) is 4.98 Å². The van der Waals surface area contributed by atoms with Crippen LogP contribution in [0.3, 0.4) is 0 Å². The molecule has 0 unspecified atom stereocenters. The molecule has 6 heteroatoms. The Morgan fingerprint density at radius 3 is 3.00 bits per heavy atom. The second-order valence-electron chi connectivity index (χ2n) is 5.20. The van der Waals surface area contributed by atoms with Crippen LogP contribution in [0.4, 0.5) is 10.8 Å². The molecule has 114 valence electrons. The zero-order chi connectivity index (χ0) is 15.2. The largest absolute Gasteiger partial charge is 0.399 e. The summed E-state index contributed by atoms with van der Waals surface area (Å²) in [5, 5.41) is 3.50. The minimum Gasteiger partial charge on any atom is -0.399 e. The van der Waals surface area contributed by atoms with Crippen molar-refractivity contribution < 1.29 is 4.79 Å². The molecule has 1 amide bonds. The number of carbonyl (C=O) groups is 1. The maximum atomic E-state index is 11.9. The molecule has 5 nitrogen and oxygen atoms in total. The lowest BCUT2D eigenvalue weighted by atomic mass is 10.3. The molecule has 21 heavy (non-hydrogen) atoms. The molecule has 1 aromatic heterocycles. The van der Waals surface area contributed by atoms with Crippen LogP contribution in [0.2, 0.25) is 0 Å². The number of nitrogens with zero attached hydrogens (tertiary/aromatic N) is 2. The van der Waals surface area contributed by atoms with Crippen LogP contribution < -0.4 is 11.1 Å². The van der Waals surface area contributed by atoms with Crippen LogP contribution >= 0.6 is 11.3 Å². The molecular formula is C15H22N4OS. The zero-order valence-electron chi connectivity index (χ0n) is 12.6. The van der Waals surface area contributed by atoms with Gasteiger partial charge in [0.15, 0.2) is 5.13 Å². The first kappa shape index (κ1) is 15.7. The van der Waals surface area contributed by atoms with Gasteiger partial charge in [-0.15, -0.1) is 0 Å². The molecule has 0 saturated heterocycles. The predicted octanol–water partition coefficient (Wildman–Crippen LogP) is 2.94. The van der Waals surface area contributed by atoms with Gasteiger partial charge in [-0.2, -0.15) is 0 Å². The van der Waals surface area contributed by atoms with Crippen LogP contribution in [0.1, 0.15) is 26.2 Å². The number of nitrogen functional groups attached to an aromatic ring is 1. The first-order valence-corrected chi connectivity index (χ1v) is 8.04. The summed E-state index contributed by atoms with van der Waals surface area (Å²) in [6.07, 6.45) is 2.82. The van der Waals surface area contributed by atoms with Gasteiger partial charge in [0.2, 0.25) is 5.91 Å². The highest BCUT2D eigenvalue weighted by Crippen LogP contribution is 2.27. The highest BCUT2D eigenvalue weighted by atomic mass is 32.1. The number of nitrogens with two attached hydrogens (primary N) is 1. The number of fused-ring (bicyclic) bond motifs is 1. The van der Waals surface area contributed by atoms with E-state index in [9.17, 15) is 4.79 Å². The summed E-state index contributed by atoms with van der Waals surface area (Å²) >= 11 is 1.45. The van der Waals surface area contributed by atoms with Crippen molar-refractivity contribution in [3.8, 4) is 0 Å². The summed E-state index contributed by atoms with van der Waals surface area (Å²) in [4.78, 5) is 18.5. The van der Waals surface area contributed by atoms with Crippen molar-refractivity contribution in [2.24, 2.45) is 0 Å². The molecule has 0 aliphatic heterocycles. The van der Waals surface area contributed by atoms with Crippen molar-refractivity contribution in [1.82, 2.24) is 9.88 Å². The van der Waals surface area contributed by atoms with Crippen LogP contribution in [-0.2, 0) is 4.79 Å². The smallest absolute Gasteiger partial charge is 0.227 e. The number of carbonyl (C=O) groups excluding carboxylic acids is 1. The standard InChI is InChI=1S/C15H22N4OS/c1-3-4-8-19(2)9-7-14(20)18-15-17-12-6-5-11(16)10-13(12)21-15/h5-6,10H,3-4,7-9,16H2,1-2H3,(H,17,18,20). The number of hydrogen-bond acceptors (Lipinski definition) is 5. The Kier molecular flexibility index (Phi) is 5.52. The van der Waals surface area contributed by atoms with E-state index < -0.39 is 0 Å². The third kappa shape index (κ3) is 4.68.